The molecular weight excluding hydrogens is 320 g/mol. The van der Waals surface area contributed by atoms with E-state index in [0.717, 1.165) is 27.4 Å². The van der Waals surface area contributed by atoms with Crippen LogP contribution in [0.2, 0.25) is 0 Å². The molecule has 0 aliphatic carbocycles. The van der Waals surface area contributed by atoms with Crippen molar-refractivity contribution in [2.24, 2.45) is 13.0 Å². The third kappa shape index (κ3) is 3.64. The van der Waals surface area contributed by atoms with Crippen LogP contribution in [0.4, 0.5) is 0 Å². The van der Waals surface area contributed by atoms with Crippen LogP contribution in [0, 0.1) is 5.92 Å². The second-order valence-electron chi connectivity index (χ2n) is 6.20. The van der Waals surface area contributed by atoms with Gasteiger partial charge in [0.15, 0.2) is 11.0 Å². The van der Waals surface area contributed by atoms with E-state index in [2.05, 4.69) is 35.1 Å². The number of nitrogens with zero attached hydrogens (tertiary/aromatic N) is 4. The number of pyridine rings is 1. The van der Waals surface area contributed by atoms with Crippen LogP contribution in [-0.2, 0) is 11.8 Å². The predicted molar refractivity (Wildman–Crippen MR) is 96.9 cm³/mol. The molecule has 1 aromatic carbocycles. The van der Waals surface area contributed by atoms with Gasteiger partial charge in [0.25, 0.3) is 0 Å². The van der Waals surface area contributed by atoms with Gasteiger partial charge >= 0.3 is 0 Å². The van der Waals surface area contributed by atoms with Crippen molar-refractivity contribution in [3.8, 4) is 11.4 Å². The number of thioether (sulfide) groups is 1. The molecule has 0 spiro atoms. The monoisotopic (exact) mass is 340 g/mol. The smallest absolute Gasteiger partial charge is 0.191 e. The van der Waals surface area contributed by atoms with Gasteiger partial charge in [-0.2, -0.15) is 0 Å². The molecule has 0 saturated carbocycles. The van der Waals surface area contributed by atoms with Crippen LogP contribution in [0.25, 0.3) is 22.3 Å². The molecule has 2 aromatic heterocycles. The second-order valence-corrected chi connectivity index (χ2v) is 7.14. The fraction of sp³-hybridized carbons (Fsp3) is 0.333. The first-order valence-electron chi connectivity index (χ1n) is 7.93. The summed E-state index contributed by atoms with van der Waals surface area (Å²) < 4.78 is 1.94. The van der Waals surface area contributed by atoms with E-state index < -0.39 is 0 Å². The summed E-state index contributed by atoms with van der Waals surface area (Å²) in [7, 11) is 1.93. The normalized spacial score (nSPS) is 11.3. The van der Waals surface area contributed by atoms with Gasteiger partial charge in [0.1, 0.15) is 5.78 Å². The highest BCUT2D eigenvalue weighted by atomic mass is 32.2. The Balaban J connectivity index is 1.79. The van der Waals surface area contributed by atoms with E-state index in [1.807, 2.05) is 35.9 Å². The second kappa shape index (κ2) is 7.13. The van der Waals surface area contributed by atoms with Gasteiger partial charge in [-0.25, -0.2) is 0 Å². The Morgan fingerprint density at radius 3 is 2.88 bits per heavy atom. The average Bonchev–Trinajstić information content (AvgIpc) is 2.92. The number of ketones is 1. The van der Waals surface area contributed by atoms with Crippen molar-refractivity contribution in [1.82, 2.24) is 19.7 Å². The molecule has 3 rings (SSSR count). The van der Waals surface area contributed by atoms with E-state index in [1.54, 1.807) is 6.20 Å². The summed E-state index contributed by atoms with van der Waals surface area (Å²) in [5.74, 6) is 1.86. The van der Waals surface area contributed by atoms with E-state index in [0.29, 0.717) is 18.1 Å². The number of benzene rings is 1. The van der Waals surface area contributed by atoms with Gasteiger partial charge in [0.2, 0.25) is 0 Å². The molecule has 2 heterocycles. The van der Waals surface area contributed by atoms with E-state index in [4.69, 9.17) is 0 Å². The number of hydrogen-bond donors (Lipinski definition) is 0. The Kier molecular flexibility index (Phi) is 4.94. The number of hydrogen-bond acceptors (Lipinski definition) is 5. The SMILES string of the molecule is CC(C)CC(=O)CSc1nnc(-c2ccc3ncccc3c2)n1C. The van der Waals surface area contributed by atoms with Crippen molar-refractivity contribution in [1.29, 1.82) is 0 Å². The van der Waals surface area contributed by atoms with Crippen LogP contribution in [0.1, 0.15) is 20.3 Å². The van der Waals surface area contributed by atoms with Gasteiger partial charge < -0.3 is 4.57 Å². The van der Waals surface area contributed by atoms with Crippen molar-refractivity contribution >= 4 is 28.4 Å². The molecule has 0 aliphatic heterocycles. The maximum atomic E-state index is 11.9. The van der Waals surface area contributed by atoms with Gasteiger partial charge in [-0.3, -0.25) is 9.78 Å². The maximum absolute atomic E-state index is 11.9. The van der Waals surface area contributed by atoms with Gasteiger partial charge in [-0.1, -0.05) is 31.7 Å². The molecule has 3 aromatic rings. The largest absolute Gasteiger partial charge is 0.305 e. The van der Waals surface area contributed by atoms with Crippen molar-refractivity contribution in [3.05, 3.63) is 36.5 Å². The fourth-order valence-electron chi connectivity index (χ4n) is 2.57. The van der Waals surface area contributed by atoms with Gasteiger partial charge in [-0.05, 0) is 30.2 Å². The van der Waals surface area contributed by atoms with E-state index >= 15 is 0 Å². The zero-order valence-electron chi connectivity index (χ0n) is 14.1. The number of aromatic nitrogens is 4. The number of Topliss-reactive ketones (excluding diaryl/α,β-unsaturated/α-hetero) is 1. The Morgan fingerprint density at radius 1 is 1.25 bits per heavy atom. The summed E-state index contributed by atoms with van der Waals surface area (Å²) in [6.45, 7) is 4.11. The molecule has 0 saturated heterocycles. The highest BCUT2D eigenvalue weighted by Crippen LogP contribution is 2.25. The standard InChI is InChI=1S/C18H20N4OS/c1-12(2)9-15(23)11-24-18-21-20-17(22(18)3)14-6-7-16-13(10-14)5-4-8-19-16/h4-8,10,12H,9,11H2,1-3H3. The average molecular weight is 340 g/mol. The van der Waals surface area contributed by atoms with Crippen molar-refractivity contribution in [3.63, 3.8) is 0 Å². The maximum Gasteiger partial charge on any atom is 0.191 e. The zero-order valence-corrected chi connectivity index (χ0v) is 14.9. The van der Waals surface area contributed by atoms with E-state index in [-0.39, 0.29) is 5.78 Å². The van der Waals surface area contributed by atoms with Crippen molar-refractivity contribution < 1.29 is 4.79 Å². The minimum Gasteiger partial charge on any atom is -0.305 e. The Labute approximate surface area is 145 Å². The topological polar surface area (TPSA) is 60.7 Å². The first-order valence-corrected chi connectivity index (χ1v) is 8.92. The first kappa shape index (κ1) is 16.6. The summed E-state index contributed by atoms with van der Waals surface area (Å²) in [5.41, 5.74) is 1.95. The molecule has 0 radical (unpaired) electrons. The minimum atomic E-state index is 0.247. The third-order valence-electron chi connectivity index (χ3n) is 3.69. The first-order chi connectivity index (χ1) is 11.5. The summed E-state index contributed by atoms with van der Waals surface area (Å²) in [4.78, 5) is 16.2. The molecule has 0 unspecified atom stereocenters. The molecule has 6 heteroatoms. The van der Waals surface area contributed by atoms with Gasteiger partial charge in [-0.15, -0.1) is 10.2 Å². The molecule has 0 aliphatic rings. The molecule has 124 valence electrons. The number of rotatable bonds is 6. The number of fused-ring (bicyclic) bond motifs is 1. The molecule has 0 amide bonds. The molecule has 0 bridgehead atoms. The van der Waals surface area contributed by atoms with Gasteiger partial charge in [0, 0.05) is 30.6 Å². The van der Waals surface area contributed by atoms with Crippen LogP contribution in [-0.4, -0.2) is 31.3 Å². The molecule has 5 nitrogen and oxygen atoms in total. The zero-order chi connectivity index (χ0) is 17.1. The molecule has 24 heavy (non-hydrogen) atoms. The summed E-state index contributed by atoms with van der Waals surface area (Å²) in [6.07, 6.45) is 2.39. The highest BCUT2D eigenvalue weighted by molar-refractivity contribution is 7.99. The fourth-order valence-corrected chi connectivity index (χ4v) is 3.35. The van der Waals surface area contributed by atoms with Gasteiger partial charge in [0.05, 0.1) is 11.3 Å². The summed E-state index contributed by atoms with van der Waals surface area (Å²) >= 11 is 1.44. The molecule has 0 fully saturated rings. The minimum absolute atomic E-state index is 0.247. The summed E-state index contributed by atoms with van der Waals surface area (Å²) in [6, 6.07) is 9.99. The number of carbonyl (C=O) groups is 1. The Morgan fingerprint density at radius 2 is 2.08 bits per heavy atom. The van der Waals surface area contributed by atoms with Crippen LogP contribution < -0.4 is 0 Å². The van der Waals surface area contributed by atoms with Crippen molar-refractivity contribution in [2.75, 3.05) is 5.75 Å². The summed E-state index contributed by atoms with van der Waals surface area (Å²) in [5, 5.41) is 10.4. The van der Waals surface area contributed by atoms with E-state index in [9.17, 15) is 4.79 Å². The lowest BCUT2D eigenvalue weighted by atomic mass is 10.1. The van der Waals surface area contributed by atoms with Crippen LogP contribution in [0.15, 0.2) is 41.7 Å². The molecular formula is C18H20N4OS. The highest BCUT2D eigenvalue weighted by Gasteiger charge is 2.14. The van der Waals surface area contributed by atoms with E-state index in [1.165, 1.54) is 11.8 Å². The lowest BCUT2D eigenvalue weighted by Crippen LogP contribution is -2.06. The predicted octanol–water partition coefficient (Wildman–Crippen LogP) is 3.74. The van der Waals surface area contributed by atoms with Crippen molar-refractivity contribution in [2.45, 2.75) is 25.4 Å². The lowest BCUT2D eigenvalue weighted by molar-refractivity contribution is -0.117. The number of carbonyl (C=O) groups excluding carboxylic acids is 1. The van der Waals surface area contributed by atoms with Crippen LogP contribution in [0.5, 0.6) is 0 Å². The van der Waals surface area contributed by atoms with Crippen LogP contribution >= 0.6 is 11.8 Å². The van der Waals surface area contributed by atoms with Crippen LogP contribution in [0.3, 0.4) is 0 Å². The third-order valence-corrected chi connectivity index (χ3v) is 4.77. The Hall–Kier alpha value is -2.21. The molecule has 0 atom stereocenters. The lowest BCUT2D eigenvalue weighted by Gasteiger charge is -2.06. The molecule has 0 N–H and O–H groups in total. The Bertz CT molecular complexity index is 872. The quantitative estimate of drug-likeness (QED) is 0.640.